The second-order valence-corrected chi connectivity index (χ2v) is 5.37. The van der Waals surface area contributed by atoms with Crippen LogP contribution < -0.4 is 5.73 Å². The molecule has 4 nitrogen and oxygen atoms in total. The van der Waals surface area contributed by atoms with E-state index in [1.54, 1.807) is 0 Å². The molecule has 2 atom stereocenters. The zero-order valence-electron chi connectivity index (χ0n) is 11.4. The molecule has 2 unspecified atom stereocenters. The summed E-state index contributed by atoms with van der Waals surface area (Å²) < 4.78 is 40.0. The van der Waals surface area contributed by atoms with Gasteiger partial charge >= 0.3 is 6.18 Å². The molecule has 0 fully saturated rings. The molecule has 1 aromatic heterocycles. The van der Waals surface area contributed by atoms with Gasteiger partial charge in [-0.15, -0.1) is 0 Å². The summed E-state index contributed by atoms with van der Waals surface area (Å²) >= 11 is 0. The van der Waals surface area contributed by atoms with Crippen molar-refractivity contribution in [2.24, 2.45) is 11.7 Å². The molecule has 0 bridgehead atoms. The number of hydrogen-bond donors (Lipinski definition) is 1. The third-order valence-corrected chi connectivity index (χ3v) is 3.81. The summed E-state index contributed by atoms with van der Waals surface area (Å²) in [6, 6.07) is 6.76. The van der Waals surface area contributed by atoms with Gasteiger partial charge in [0.1, 0.15) is 5.82 Å². The zero-order chi connectivity index (χ0) is 15.2. The number of benzene rings is 1. The van der Waals surface area contributed by atoms with E-state index in [2.05, 4.69) is 10.1 Å². The summed E-state index contributed by atoms with van der Waals surface area (Å²) in [5.41, 5.74) is 7.63. The molecule has 0 spiro atoms. The van der Waals surface area contributed by atoms with E-state index in [1.807, 2.05) is 31.2 Å². The van der Waals surface area contributed by atoms with Crippen molar-refractivity contribution in [1.82, 2.24) is 14.8 Å². The van der Waals surface area contributed by atoms with Gasteiger partial charge < -0.3 is 5.73 Å². The van der Waals surface area contributed by atoms with Crippen molar-refractivity contribution in [2.75, 3.05) is 0 Å². The molecule has 2 N–H and O–H groups in total. The van der Waals surface area contributed by atoms with Crippen molar-refractivity contribution in [3.63, 3.8) is 0 Å². The molecule has 1 aliphatic heterocycles. The highest BCUT2D eigenvalue weighted by Gasteiger charge is 2.44. The molecule has 0 aliphatic carbocycles. The van der Waals surface area contributed by atoms with E-state index in [1.165, 1.54) is 4.68 Å². The van der Waals surface area contributed by atoms with Crippen molar-refractivity contribution in [3.05, 3.63) is 35.7 Å². The SMILES string of the molecule is Cc1ccccc1-c1nc2n(n1)CC(C(F)(F)F)CC2N. The fourth-order valence-electron chi connectivity index (χ4n) is 2.63. The van der Waals surface area contributed by atoms with Gasteiger partial charge in [-0.25, -0.2) is 9.67 Å². The van der Waals surface area contributed by atoms with Gasteiger partial charge in [-0.05, 0) is 18.9 Å². The van der Waals surface area contributed by atoms with Crippen LogP contribution in [0.3, 0.4) is 0 Å². The lowest BCUT2D eigenvalue weighted by atomic mass is 9.96. The average molecular weight is 296 g/mol. The first-order valence-corrected chi connectivity index (χ1v) is 6.69. The lowest BCUT2D eigenvalue weighted by molar-refractivity contribution is -0.184. The Balaban J connectivity index is 1.99. The number of aromatic nitrogens is 3. The summed E-state index contributed by atoms with van der Waals surface area (Å²) in [6.07, 6.45) is -4.40. The van der Waals surface area contributed by atoms with Crippen molar-refractivity contribution < 1.29 is 13.2 Å². The molecular weight excluding hydrogens is 281 g/mol. The molecule has 21 heavy (non-hydrogen) atoms. The van der Waals surface area contributed by atoms with Crippen LogP contribution in [0.1, 0.15) is 23.9 Å². The van der Waals surface area contributed by atoms with Gasteiger partial charge in [0.2, 0.25) is 0 Å². The van der Waals surface area contributed by atoms with E-state index < -0.39 is 18.1 Å². The van der Waals surface area contributed by atoms with E-state index in [0.29, 0.717) is 11.6 Å². The van der Waals surface area contributed by atoms with Crippen molar-refractivity contribution >= 4 is 0 Å². The minimum Gasteiger partial charge on any atom is -0.321 e. The predicted molar refractivity (Wildman–Crippen MR) is 71.3 cm³/mol. The van der Waals surface area contributed by atoms with Crippen LogP contribution in [0.2, 0.25) is 0 Å². The molecule has 2 aromatic rings. The standard InChI is InChI=1S/C14H15F3N4/c1-8-4-2-3-5-10(8)12-19-13-11(18)6-9(14(15,16)17)7-21(13)20-12/h2-5,9,11H,6-7,18H2,1H3. The highest BCUT2D eigenvalue weighted by Crippen LogP contribution is 2.37. The number of fused-ring (bicyclic) bond motifs is 1. The van der Waals surface area contributed by atoms with Crippen LogP contribution in [0.15, 0.2) is 24.3 Å². The molecule has 112 valence electrons. The number of nitrogens with two attached hydrogens (primary N) is 1. The number of alkyl halides is 3. The molecule has 0 radical (unpaired) electrons. The van der Waals surface area contributed by atoms with Crippen LogP contribution in [-0.4, -0.2) is 20.9 Å². The Labute approximate surface area is 119 Å². The fraction of sp³-hybridized carbons (Fsp3) is 0.429. The molecule has 0 amide bonds. The normalized spacial score (nSPS) is 22.1. The third kappa shape index (κ3) is 2.53. The maximum absolute atomic E-state index is 12.9. The summed E-state index contributed by atoms with van der Waals surface area (Å²) in [5.74, 6) is -0.610. The predicted octanol–water partition coefficient (Wildman–Crippen LogP) is 2.84. The van der Waals surface area contributed by atoms with Crippen LogP contribution >= 0.6 is 0 Å². The highest BCUT2D eigenvalue weighted by molar-refractivity contribution is 5.59. The minimum atomic E-state index is -4.26. The number of rotatable bonds is 1. The van der Waals surface area contributed by atoms with Crippen LogP contribution in [0.25, 0.3) is 11.4 Å². The third-order valence-electron chi connectivity index (χ3n) is 3.81. The number of hydrogen-bond acceptors (Lipinski definition) is 3. The Morgan fingerprint density at radius 2 is 2.00 bits per heavy atom. The summed E-state index contributed by atoms with van der Waals surface area (Å²) in [5, 5.41) is 4.22. The fourth-order valence-corrected chi connectivity index (χ4v) is 2.63. The molecule has 0 saturated carbocycles. The van der Waals surface area contributed by atoms with Gasteiger partial charge in [0.05, 0.1) is 18.5 Å². The van der Waals surface area contributed by atoms with Gasteiger partial charge in [-0.2, -0.15) is 18.3 Å². The van der Waals surface area contributed by atoms with Crippen molar-refractivity contribution in [1.29, 1.82) is 0 Å². The van der Waals surface area contributed by atoms with E-state index in [9.17, 15) is 13.2 Å². The Kier molecular flexibility index (Phi) is 3.24. The molecule has 0 saturated heterocycles. The molecule has 1 aromatic carbocycles. The smallest absolute Gasteiger partial charge is 0.321 e. The zero-order valence-corrected chi connectivity index (χ0v) is 11.4. The first-order valence-electron chi connectivity index (χ1n) is 6.69. The quantitative estimate of drug-likeness (QED) is 0.880. The van der Waals surface area contributed by atoms with E-state index in [-0.39, 0.29) is 13.0 Å². The molecule has 3 rings (SSSR count). The summed E-state index contributed by atoms with van der Waals surface area (Å²) in [4.78, 5) is 4.34. The second-order valence-electron chi connectivity index (χ2n) is 5.37. The number of aryl methyl sites for hydroxylation is 1. The van der Waals surface area contributed by atoms with Crippen LogP contribution in [0, 0.1) is 12.8 Å². The monoisotopic (exact) mass is 296 g/mol. The Hall–Kier alpha value is -1.89. The molecule has 1 aliphatic rings. The average Bonchev–Trinajstić information content (AvgIpc) is 2.82. The first kappa shape index (κ1) is 14.1. The van der Waals surface area contributed by atoms with Crippen LogP contribution in [0.5, 0.6) is 0 Å². The first-order chi connectivity index (χ1) is 9.86. The minimum absolute atomic E-state index is 0.143. The highest BCUT2D eigenvalue weighted by atomic mass is 19.4. The molecule has 2 heterocycles. The lowest BCUT2D eigenvalue weighted by Crippen LogP contribution is -2.37. The number of halogens is 3. The largest absolute Gasteiger partial charge is 0.393 e. The topological polar surface area (TPSA) is 56.7 Å². The maximum Gasteiger partial charge on any atom is 0.393 e. The Morgan fingerprint density at radius 3 is 2.67 bits per heavy atom. The maximum atomic E-state index is 12.9. The number of nitrogens with zero attached hydrogens (tertiary/aromatic N) is 3. The second kappa shape index (κ2) is 4.84. The van der Waals surface area contributed by atoms with Crippen molar-refractivity contribution in [3.8, 4) is 11.4 Å². The molecule has 7 heteroatoms. The Morgan fingerprint density at radius 1 is 1.29 bits per heavy atom. The van der Waals surface area contributed by atoms with Crippen LogP contribution in [0.4, 0.5) is 13.2 Å². The van der Waals surface area contributed by atoms with Crippen molar-refractivity contribution in [2.45, 2.75) is 32.1 Å². The summed E-state index contributed by atoms with van der Waals surface area (Å²) in [6.45, 7) is 1.69. The Bertz CT molecular complexity index is 662. The van der Waals surface area contributed by atoms with Gasteiger partial charge in [-0.1, -0.05) is 24.3 Å². The van der Waals surface area contributed by atoms with Gasteiger partial charge in [0.25, 0.3) is 0 Å². The molecular formula is C14H15F3N4. The summed E-state index contributed by atoms with van der Waals surface area (Å²) in [7, 11) is 0. The van der Waals surface area contributed by atoms with Gasteiger partial charge in [0.15, 0.2) is 5.82 Å². The van der Waals surface area contributed by atoms with E-state index in [4.69, 9.17) is 5.73 Å². The lowest BCUT2D eigenvalue weighted by Gasteiger charge is -2.28. The van der Waals surface area contributed by atoms with Gasteiger partial charge in [0, 0.05) is 5.56 Å². The van der Waals surface area contributed by atoms with Gasteiger partial charge in [-0.3, -0.25) is 0 Å². The van der Waals surface area contributed by atoms with E-state index >= 15 is 0 Å². The van der Waals surface area contributed by atoms with E-state index in [0.717, 1.165) is 11.1 Å². The van der Waals surface area contributed by atoms with Crippen LogP contribution in [-0.2, 0) is 6.54 Å².